The smallest absolute Gasteiger partial charge is 0.272 e. The lowest BCUT2D eigenvalue weighted by molar-refractivity contribution is 0.602. The number of pyridine rings is 1. The van der Waals surface area contributed by atoms with E-state index in [4.69, 9.17) is 0 Å². The number of nitrogens with one attached hydrogen (secondary N) is 2. The van der Waals surface area contributed by atoms with Gasteiger partial charge in [-0.2, -0.15) is 0 Å². The molecule has 0 spiro atoms. The Hall–Kier alpha value is -2.60. The normalized spacial score (nSPS) is 11.4. The highest BCUT2D eigenvalue weighted by Gasteiger charge is 2.18. The van der Waals surface area contributed by atoms with Gasteiger partial charge in [-0.15, -0.1) is 0 Å². The molecule has 106 valence electrons. The quantitative estimate of drug-likeness (QED) is 0.779. The van der Waals surface area contributed by atoms with Crippen LogP contribution in [-0.2, 0) is 10.0 Å². The first kappa shape index (κ1) is 13.4. The van der Waals surface area contributed by atoms with E-state index < -0.39 is 15.6 Å². The van der Waals surface area contributed by atoms with Crippen LogP contribution in [0.5, 0.6) is 0 Å². The van der Waals surface area contributed by atoms with E-state index in [1.165, 1.54) is 18.3 Å². The van der Waals surface area contributed by atoms with Crippen molar-refractivity contribution in [1.29, 1.82) is 0 Å². The fraction of sp³-hybridized carbons (Fsp3) is 0. The number of rotatable bonds is 3. The van der Waals surface area contributed by atoms with Crippen molar-refractivity contribution in [3.63, 3.8) is 0 Å². The second kappa shape index (κ2) is 5.06. The zero-order valence-electron chi connectivity index (χ0n) is 10.9. The third-order valence-electron chi connectivity index (χ3n) is 3.10. The molecule has 3 aromatic rings. The van der Waals surface area contributed by atoms with E-state index in [0.29, 0.717) is 5.39 Å². The van der Waals surface area contributed by atoms with Gasteiger partial charge in [0.05, 0.1) is 4.90 Å². The van der Waals surface area contributed by atoms with E-state index in [0.717, 1.165) is 5.39 Å². The van der Waals surface area contributed by atoms with Gasteiger partial charge in [0, 0.05) is 11.6 Å². The molecule has 0 aliphatic rings. The Labute approximate surface area is 121 Å². The third kappa shape index (κ3) is 2.53. The first-order valence-corrected chi connectivity index (χ1v) is 7.74. The lowest BCUT2D eigenvalue weighted by Gasteiger charge is -2.09. The van der Waals surface area contributed by atoms with Gasteiger partial charge in [-0.05, 0) is 23.6 Å². The summed E-state index contributed by atoms with van der Waals surface area (Å²) in [5.74, 6) is 0. The highest BCUT2D eigenvalue weighted by atomic mass is 32.2. The zero-order valence-corrected chi connectivity index (χ0v) is 11.7. The van der Waals surface area contributed by atoms with E-state index in [9.17, 15) is 13.2 Å². The predicted molar refractivity (Wildman–Crippen MR) is 81.8 cm³/mol. The van der Waals surface area contributed by atoms with Crippen LogP contribution < -0.4 is 10.3 Å². The van der Waals surface area contributed by atoms with Crippen LogP contribution in [0.2, 0.25) is 0 Å². The van der Waals surface area contributed by atoms with Crippen LogP contribution in [0.3, 0.4) is 0 Å². The number of fused-ring (bicyclic) bond motifs is 1. The minimum absolute atomic E-state index is 0.00886. The van der Waals surface area contributed by atoms with Crippen molar-refractivity contribution in [1.82, 2.24) is 4.98 Å². The fourth-order valence-electron chi connectivity index (χ4n) is 2.13. The van der Waals surface area contributed by atoms with Gasteiger partial charge in [-0.3, -0.25) is 9.52 Å². The molecule has 1 aromatic heterocycles. The molecule has 21 heavy (non-hydrogen) atoms. The van der Waals surface area contributed by atoms with Gasteiger partial charge in [-0.25, -0.2) is 8.42 Å². The second-order valence-electron chi connectivity index (χ2n) is 4.50. The molecular weight excluding hydrogens is 288 g/mol. The molecular formula is C15H12N2O3S. The van der Waals surface area contributed by atoms with Crippen molar-refractivity contribution in [3.05, 3.63) is 71.1 Å². The molecule has 0 saturated carbocycles. The van der Waals surface area contributed by atoms with Gasteiger partial charge >= 0.3 is 0 Å². The average Bonchev–Trinajstić information content (AvgIpc) is 2.49. The number of hydrogen-bond acceptors (Lipinski definition) is 3. The SMILES string of the molecule is O=c1[nH]cccc1NS(=O)(=O)c1cccc2ccccc12. The van der Waals surface area contributed by atoms with Crippen molar-refractivity contribution in [3.8, 4) is 0 Å². The molecule has 0 saturated heterocycles. The monoisotopic (exact) mass is 300 g/mol. The maximum atomic E-state index is 12.5. The van der Waals surface area contributed by atoms with Crippen LogP contribution in [-0.4, -0.2) is 13.4 Å². The Morgan fingerprint density at radius 3 is 2.48 bits per heavy atom. The highest BCUT2D eigenvalue weighted by Crippen LogP contribution is 2.23. The summed E-state index contributed by atoms with van der Waals surface area (Å²) in [5.41, 5.74) is -0.494. The number of anilines is 1. The lowest BCUT2D eigenvalue weighted by Crippen LogP contribution is -2.19. The van der Waals surface area contributed by atoms with Crippen LogP contribution >= 0.6 is 0 Å². The van der Waals surface area contributed by atoms with E-state index >= 15 is 0 Å². The van der Waals surface area contributed by atoms with Crippen LogP contribution in [0.15, 0.2) is 70.5 Å². The predicted octanol–water partition coefficient (Wildman–Crippen LogP) is 2.33. The van der Waals surface area contributed by atoms with Crippen molar-refractivity contribution < 1.29 is 8.42 Å². The third-order valence-corrected chi connectivity index (χ3v) is 4.53. The van der Waals surface area contributed by atoms with Crippen molar-refractivity contribution in [2.75, 3.05) is 4.72 Å². The summed E-state index contributed by atoms with van der Waals surface area (Å²) < 4.78 is 27.3. The molecule has 2 aromatic carbocycles. The largest absolute Gasteiger partial charge is 0.327 e. The summed E-state index contributed by atoms with van der Waals surface area (Å²) in [6.07, 6.45) is 1.44. The number of H-pyrrole nitrogens is 1. The Morgan fingerprint density at radius 2 is 1.67 bits per heavy atom. The molecule has 0 aliphatic heterocycles. The maximum absolute atomic E-state index is 12.5. The van der Waals surface area contributed by atoms with Crippen LogP contribution in [0.25, 0.3) is 10.8 Å². The molecule has 1 heterocycles. The molecule has 0 atom stereocenters. The number of sulfonamides is 1. The van der Waals surface area contributed by atoms with Gasteiger partial charge in [0.15, 0.2) is 0 Å². The summed E-state index contributed by atoms with van der Waals surface area (Å²) in [6, 6.07) is 15.2. The number of hydrogen-bond donors (Lipinski definition) is 2. The topological polar surface area (TPSA) is 79.0 Å². The molecule has 0 fully saturated rings. The minimum Gasteiger partial charge on any atom is -0.327 e. The first-order chi connectivity index (χ1) is 10.1. The molecule has 2 N–H and O–H groups in total. The maximum Gasteiger partial charge on any atom is 0.272 e. The molecule has 3 rings (SSSR count). The molecule has 0 unspecified atom stereocenters. The standard InChI is InChI=1S/C15H12N2O3S/c18-15-13(8-4-10-16-15)17-21(19,20)14-9-3-6-11-5-1-2-7-12(11)14/h1-10,17H,(H,16,18). The summed E-state index contributed by atoms with van der Waals surface area (Å²) in [6.45, 7) is 0. The second-order valence-corrected chi connectivity index (χ2v) is 6.15. The number of benzene rings is 2. The molecule has 5 nitrogen and oxygen atoms in total. The zero-order chi connectivity index (χ0) is 14.9. The Balaban J connectivity index is 2.13. The van der Waals surface area contributed by atoms with Gasteiger partial charge in [0.2, 0.25) is 0 Å². The molecule has 0 bridgehead atoms. The first-order valence-electron chi connectivity index (χ1n) is 6.26. The van der Waals surface area contributed by atoms with E-state index in [2.05, 4.69) is 9.71 Å². The van der Waals surface area contributed by atoms with E-state index in [1.807, 2.05) is 18.2 Å². The van der Waals surface area contributed by atoms with Crippen molar-refractivity contribution in [2.24, 2.45) is 0 Å². The van der Waals surface area contributed by atoms with Gasteiger partial charge in [-0.1, -0.05) is 36.4 Å². The highest BCUT2D eigenvalue weighted by molar-refractivity contribution is 7.93. The van der Waals surface area contributed by atoms with E-state index in [-0.39, 0.29) is 10.6 Å². The van der Waals surface area contributed by atoms with Crippen LogP contribution in [0.4, 0.5) is 5.69 Å². The van der Waals surface area contributed by atoms with Crippen LogP contribution in [0.1, 0.15) is 0 Å². The number of aromatic nitrogens is 1. The summed E-state index contributed by atoms with van der Waals surface area (Å²) in [7, 11) is -3.83. The molecule has 6 heteroatoms. The lowest BCUT2D eigenvalue weighted by atomic mass is 10.1. The molecule has 0 amide bonds. The molecule has 0 aliphatic carbocycles. The fourth-order valence-corrected chi connectivity index (χ4v) is 3.43. The minimum atomic E-state index is -3.83. The van der Waals surface area contributed by atoms with Crippen LogP contribution in [0, 0.1) is 0 Å². The Bertz CT molecular complexity index is 956. The van der Waals surface area contributed by atoms with Gasteiger partial charge in [0.1, 0.15) is 5.69 Å². The Morgan fingerprint density at radius 1 is 0.905 bits per heavy atom. The summed E-state index contributed by atoms with van der Waals surface area (Å²) in [4.78, 5) is 14.2. The Kier molecular flexibility index (Phi) is 3.23. The summed E-state index contributed by atoms with van der Waals surface area (Å²) >= 11 is 0. The number of aromatic amines is 1. The van der Waals surface area contributed by atoms with E-state index in [1.54, 1.807) is 24.3 Å². The van der Waals surface area contributed by atoms with Gasteiger partial charge < -0.3 is 4.98 Å². The average molecular weight is 300 g/mol. The summed E-state index contributed by atoms with van der Waals surface area (Å²) in [5, 5.41) is 1.43. The van der Waals surface area contributed by atoms with Crippen molar-refractivity contribution >= 4 is 26.5 Å². The van der Waals surface area contributed by atoms with Gasteiger partial charge in [0.25, 0.3) is 15.6 Å². The molecule has 0 radical (unpaired) electrons. The van der Waals surface area contributed by atoms with Crippen molar-refractivity contribution in [2.45, 2.75) is 4.90 Å².